The number of anilines is 1. The summed E-state index contributed by atoms with van der Waals surface area (Å²) in [6, 6.07) is 15.2. The lowest BCUT2D eigenvalue weighted by molar-refractivity contribution is 0.917. The molecule has 2 heteroatoms. The summed E-state index contributed by atoms with van der Waals surface area (Å²) < 4.78 is 1.28. The highest BCUT2D eigenvalue weighted by Crippen LogP contribution is 2.28. The molecule has 0 saturated heterocycles. The van der Waals surface area contributed by atoms with Crippen molar-refractivity contribution >= 4 is 40.4 Å². The van der Waals surface area contributed by atoms with Crippen LogP contribution in [-0.2, 0) is 6.54 Å². The number of fused-ring (bicyclic) bond motifs is 2. The summed E-state index contributed by atoms with van der Waals surface area (Å²) in [5.74, 6) is 0. The molecule has 0 radical (unpaired) electrons. The highest BCUT2D eigenvalue weighted by Gasteiger charge is 2.11. The van der Waals surface area contributed by atoms with Crippen molar-refractivity contribution in [2.24, 2.45) is 0 Å². The van der Waals surface area contributed by atoms with Crippen LogP contribution in [0.3, 0.4) is 0 Å². The maximum Gasteiger partial charge on any atom is 0.0450 e. The maximum absolute atomic E-state index is 2.37. The van der Waals surface area contributed by atoms with Crippen LogP contribution in [-0.4, -0.2) is 7.05 Å². The van der Waals surface area contributed by atoms with Crippen LogP contribution in [0.15, 0.2) is 42.5 Å². The largest absolute Gasteiger partial charge is 0.370 e. The Hall–Kier alpha value is -1.29. The van der Waals surface area contributed by atoms with E-state index in [9.17, 15) is 0 Å². The summed E-state index contributed by atoms with van der Waals surface area (Å²) in [5, 5.41) is 0. The zero-order valence-electron chi connectivity index (χ0n) is 10.2. The molecule has 2 aromatic carbocycles. The zero-order valence-corrected chi connectivity index (χ0v) is 12.4. The van der Waals surface area contributed by atoms with Crippen LogP contribution >= 0.6 is 22.6 Å². The molecule has 3 rings (SSSR count). The molecule has 90 valence electrons. The first-order valence-corrected chi connectivity index (χ1v) is 7.08. The Morgan fingerprint density at radius 3 is 2.67 bits per heavy atom. The van der Waals surface area contributed by atoms with Crippen LogP contribution < -0.4 is 4.90 Å². The molecule has 1 nitrogen and oxygen atoms in total. The monoisotopic (exact) mass is 347 g/mol. The third-order valence-electron chi connectivity index (χ3n) is 3.31. The minimum Gasteiger partial charge on any atom is -0.370 e. The number of nitrogens with zero attached hydrogens (tertiary/aromatic N) is 1. The molecule has 2 aromatic rings. The van der Waals surface area contributed by atoms with Gasteiger partial charge < -0.3 is 4.90 Å². The van der Waals surface area contributed by atoms with E-state index in [2.05, 4.69) is 89.2 Å². The van der Waals surface area contributed by atoms with Gasteiger partial charge >= 0.3 is 0 Å². The highest BCUT2D eigenvalue weighted by molar-refractivity contribution is 14.1. The van der Waals surface area contributed by atoms with E-state index in [1.54, 1.807) is 0 Å². The van der Waals surface area contributed by atoms with E-state index in [1.807, 2.05) is 0 Å². The number of hydrogen-bond donors (Lipinski definition) is 0. The SMILES string of the molecule is CN1Cc2ccccc2/C=C\c2ccc(I)cc21. The van der Waals surface area contributed by atoms with Crippen LogP contribution in [0.2, 0.25) is 0 Å². The third kappa shape index (κ3) is 2.17. The molecule has 0 saturated carbocycles. The van der Waals surface area contributed by atoms with Crippen LogP contribution in [0.1, 0.15) is 16.7 Å². The lowest BCUT2D eigenvalue weighted by atomic mass is 10.0. The van der Waals surface area contributed by atoms with Crippen molar-refractivity contribution in [3.05, 3.63) is 62.7 Å². The van der Waals surface area contributed by atoms with E-state index >= 15 is 0 Å². The molecule has 1 aliphatic rings. The lowest BCUT2D eigenvalue weighted by Gasteiger charge is -2.24. The van der Waals surface area contributed by atoms with Crippen molar-refractivity contribution in [1.82, 2.24) is 0 Å². The first kappa shape index (κ1) is 11.8. The molecule has 0 amide bonds. The second kappa shape index (κ2) is 4.76. The molecule has 0 aliphatic carbocycles. The van der Waals surface area contributed by atoms with Gasteiger partial charge in [-0.15, -0.1) is 0 Å². The smallest absolute Gasteiger partial charge is 0.0450 e. The summed E-state index contributed by atoms with van der Waals surface area (Å²) in [5.41, 5.74) is 5.27. The predicted octanol–water partition coefficient (Wildman–Crippen LogP) is 4.41. The van der Waals surface area contributed by atoms with Crippen LogP contribution in [0.5, 0.6) is 0 Å². The Morgan fingerprint density at radius 1 is 1.00 bits per heavy atom. The normalized spacial score (nSPS) is 15.3. The topological polar surface area (TPSA) is 3.24 Å². The van der Waals surface area contributed by atoms with Gasteiger partial charge in [-0.25, -0.2) is 0 Å². The van der Waals surface area contributed by atoms with E-state index < -0.39 is 0 Å². The number of rotatable bonds is 0. The fourth-order valence-electron chi connectivity index (χ4n) is 2.35. The van der Waals surface area contributed by atoms with Crippen LogP contribution in [0.4, 0.5) is 5.69 Å². The van der Waals surface area contributed by atoms with Gasteiger partial charge in [0.05, 0.1) is 0 Å². The lowest BCUT2D eigenvalue weighted by Crippen LogP contribution is -2.19. The van der Waals surface area contributed by atoms with Crippen molar-refractivity contribution in [3.8, 4) is 0 Å². The standard InChI is InChI=1S/C16H14IN/c1-18-11-14-5-3-2-4-12(14)6-7-13-8-9-15(17)10-16(13)18/h2-10H,11H2,1H3/b7-6-. The average Bonchev–Trinajstić information content (AvgIpc) is 2.37. The quantitative estimate of drug-likeness (QED) is 0.638. The van der Waals surface area contributed by atoms with Gasteiger partial charge in [-0.1, -0.05) is 42.5 Å². The first-order chi connectivity index (χ1) is 8.74. The summed E-state index contributed by atoms with van der Waals surface area (Å²) in [6.45, 7) is 0.952. The van der Waals surface area contributed by atoms with Gasteiger partial charge in [-0.3, -0.25) is 0 Å². The van der Waals surface area contributed by atoms with Crippen LogP contribution in [0, 0.1) is 3.57 Å². The molecular formula is C16H14IN. The van der Waals surface area contributed by atoms with Crippen molar-refractivity contribution < 1.29 is 0 Å². The summed E-state index contributed by atoms with van der Waals surface area (Å²) in [4.78, 5) is 2.32. The van der Waals surface area contributed by atoms with Gasteiger partial charge in [0.1, 0.15) is 0 Å². The molecule has 18 heavy (non-hydrogen) atoms. The molecule has 1 aliphatic heterocycles. The van der Waals surface area contributed by atoms with E-state index in [0.717, 1.165) is 6.54 Å². The van der Waals surface area contributed by atoms with E-state index in [4.69, 9.17) is 0 Å². The number of benzene rings is 2. The molecule has 1 heterocycles. The Kier molecular flexibility index (Phi) is 3.12. The maximum atomic E-state index is 2.37. The summed E-state index contributed by atoms with van der Waals surface area (Å²) in [7, 11) is 2.16. The van der Waals surface area contributed by atoms with E-state index in [0.29, 0.717) is 0 Å². The number of halogens is 1. The summed E-state index contributed by atoms with van der Waals surface area (Å²) >= 11 is 2.37. The second-order valence-corrected chi connectivity index (χ2v) is 5.84. The van der Waals surface area contributed by atoms with Crippen molar-refractivity contribution in [1.29, 1.82) is 0 Å². The Bertz CT molecular complexity index is 616. The van der Waals surface area contributed by atoms with E-state index in [-0.39, 0.29) is 0 Å². The van der Waals surface area contributed by atoms with Gasteiger partial charge in [-0.05, 0) is 51.4 Å². The van der Waals surface area contributed by atoms with Crippen molar-refractivity contribution in [2.45, 2.75) is 6.54 Å². The third-order valence-corrected chi connectivity index (χ3v) is 3.98. The molecule has 0 spiro atoms. The van der Waals surface area contributed by atoms with Crippen molar-refractivity contribution in [3.63, 3.8) is 0 Å². The molecule has 0 N–H and O–H groups in total. The molecule has 0 bridgehead atoms. The van der Waals surface area contributed by atoms with Gasteiger partial charge in [0, 0.05) is 22.8 Å². The Balaban J connectivity index is 2.16. The van der Waals surface area contributed by atoms with E-state index in [1.165, 1.54) is 25.9 Å². The highest BCUT2D eigenvalue weighted by atomic mass is 127. The predicted molar refractivity (Wildman–Crippen MR) is 86.6 cm³/mol. The average molecular weight is 347 g/mol. The van der Waals surface area contributed by atoms with Gasteiger partial charge in [0.15, 0.2) is 0 Å². The molecule has 0 atom stereocenters. The Labute approximate surface area is 121 Å². The van der Waals surface area contributed by atoms with Gasteiger partial charge in [0.25, 0.3) is 0 Å². The first-order valence-electron chi connectivity index (χ1n) is 6.01. The van der Waals surface area contributed by atoms with Gasteiger partial charge in [-0.2, -0.15) is 0 Å². The Morgan fingerprint density at radius 2 is 1.78 bits per heavy atom. The van der Waals surface area contributed by atoms with Crippen molar-refractivity contribution in [2.75, 3.05) is 11.9 Å². The second-order valence-electron chi connectivity index (χ2n) is 4.59. The minimum absolute atomic E-state index is 0.952. The summed E-state index contributed by atoms with van der Waals surface area (Å²) in [6.07, 6.45) is 4.42. The molecule has 0 fully saturated rings. The zero-order chi connectivity index (χ0) is 12.5. The fourth-order valence-corrected chi connectivity index (χ4v) is 2.82. The van der Waals surface area contributed by atoms with Crippen LogP contribution in [0.25, 0.3) is 12.2 Å². The molecular weight excluding hydrogens is 333 g/mol. The molecule has 0 unspecified atom stereocenters. The number of hydrogen-bond acceptors (Lipinski definition) is 1. The van der Waals surface area contributed by atoms with Gasteiger partial charge in [0.2, 0.25) is 0 Å². The molecule has 0 aromatic heterocycles. The minimum atomic E-state index is 0.952. The fraction of sp³-hybridized carbons (Fsp3) is 0.125.